The Morgan fingerprint density at radius 3 is 2.55 bits per heavy atom. The van der Waals surface area contributed by atoms with Gasteiger partial charge in [-0.3, -0.25) is 4.79 Å². The predicted octanol–water partition coefficient (Wildman–Crippen LogP) is 3.86. The van der Waals surface area contributed by atoms with Gasteiger partial charge in [0.25, 0.3) is 0 Å². The molecule has 33 heavy (non-hydrogen) atoms. The van der Waals surface area contributed by atoms with Crippen LogP contribution in [-0.2, 0) is 21.4 Å². The third-order valence-corrected chi connectivity index (χ3v) is 8.38. The van der Waals surface area contributed by atoms with Crippen molar-refractivity contribution >= 4 is 44.4 Å². The van der Waals surface area contributed by atoms with Gasteiger partial charge in [-0.25, -0.2) is 13.4 Å². The summed E-state index contributed by atoms with van der Waals surface area (Å²) in [4.78, 5) is 17.3. The first-order valence-corrected chi connectivity index (χ1v) is 13.3. The van der Waals surface area contributed by atoms with E-state index in [9.17, 15) is 13.2 Å². The predicted molar refractivity (Wildman–Crippen MR) is 128 cm³/mol. The van der Waals surface area contributed by atoms with Crippen molar-refractivity contribution in [3.63, 3.8) is 0 Å². The lowest BCUT2D eigenvalue weighted by molar-refractivity contribution is -0.113. The van der Waals surface area contributed by atoms with Crippen LogP contribution in [0.4, 0.5) is 5.69 Å². The Morgan fingerprint density at radius 1 is 1.09 bits per heavy atom. The van der Waals surface area contributed by atoms with E-state index in [-0.39, 0.29) is 16.6 Å². The van der Waals surface area contributed by atoms with Gasteiger partial charge >= 0.3 is 0 Å². The van der Waals surface area contributed by atoms with Crippen LogP contribution in [0.2, 0.25) is 0 Å². The minimum Gasteiger partial charge on any atom is -0.325 e. The number of carbonyl (C=O) groups excluding carboxylic acids is 1. The highest BCUT2D eigenvalue weighted by atomic mass is 32.2. The van der Waals surface area contributed by atoms with Crippen molar-refractivity contribution in [1.29, 1.82) is 5.26 Å². The fourth-order valence-electron chi connectivity index (χ4n) is 3.83. The number of nitrogens with one attached hydrogen (secondary N) is 1. The molecule has 0 saturated carbocycles. The van der Waals surface area contributed by atoms with E-state index in [4.69, 9.17) is 5.26 Å². The monoisotopic (exact) mass is 483 g/mol. The number of thioether (sulfide) groups is 1. The standard InChI is InChI=1S/C23H25N5O3S2/c24-13-6-16-28-21-8-3-2-7-20(21)26-23(28)32-17-22(29)25-18-9-11-19(12-10-18)33(30,31)27-14-4-1-5-15-27/h2-3,7-12H,1,4-6,14-17H2,(H,25,29). The fourth-order valence-corrected chi connectivity index (χ4v) is 6.19. The number of carbonyl (C=O) groups is 1. The molecule has 3 aromatic rings. The van der Waals surface area contributed by atoms with E-state index in [1.807, 2.05) is 28.8 Å². The van der Waals surface area contributed by atoms with Gasteiger partial charge in [-0.2, -0.15) is 9.57 Å². The van der Waals surface area contributed by atoms with Crippen LogP contribution in [0.25, 0.3) is 11.0 Å². The largest absolute Gasteiger partial charge is 0.325 e. The summed E-state index contributed by atoms with van der Waals surface area (Å²) in [5, 5.41) is 12.5. The third kappa shape index (κ3) is 5.38. The van der Waals surface area contributed by atoms with Gasteiger partial charge in [-0.15, -0.1) is 0 Å². The maximum Gasteiger partial charge on any atom is 0.243 e. The number of para-hydroxylation sites is 2. The Hall–Kier alpha value is -2.87. The summed E-state index contributed by atoms with van der Waals surface area (Å²) >= 11 is 1.30. The van der Waals surface area contributed by atoms with Crippen molar-refractivity contribution in [1.82, 2.24) is 13.9 Å². The average molecular weight is 484 g/mol. The number of hydrogen-bond acceptors (Lipinski definition) is 6. The number of rotatable bonds is 8. The molecule has 2 aromatic carbocycles. The van der Waals surface area contributed by atoms with Gasteiger partial charge in [0.15, 0.2) is 5.16 Å². The summed E-state index contributed by atoms with van der Waals surface area (Å²) < 4.78 is 29.0. The molecule has 172 valence electrons. The second kappa shape index (κ2) is 10.4. The van der Waals surface area contributed by atoms with E-state index >= 15 is 0 Å². The number of fused-ring (bicyclic) bond motifs is 1. The van der Waals surface area contributed by atoms with Gasteiger partial charge in [0.2, 0.25) is 15.9 Å². The van der Waals surface area contributed by atoms with Gasteiger partial charge in [-0.05, 0) is 49.2 Å². The molecule has 2 heterocycles. The van der Waals surface area contributed by atoms with Crippen LogP contribution in [0.1, 0.15) is 25.7 Å². The minimum atomic E-state index is -3.50. The number of aromatic nitrogens is 2. The normalized spacial score (nSPS) is 14.8. The maximum atomic E-state index is 12.8. The molecule has 1 amide bonds. The molecule has 10 heteroatoms. The molecule has 0 spiro atoms. The number of sulfonamides is 1. The van der Waals surface area contributed by atoms with Gasteiger partial charge < -0.3 is 9.88 Å². The van der Waals surface area contributed by atoms with E-state index in [0.717, 1.165) is 30.3 Å². The molecule has 4 rings (SSSR count). The highest BCUT2D eigenvalue weighted by Crippen LogP contribution is 2.25. The average Bonchev–Trinajstić information content (AvgIpc) is 3.19. The molecule has 1 fully saturated rings. The molecular weight excluding hydrogens is 458 g/mol. The van der Waals surface area contributed by atoms with E-state index in [1.54, 1.807) is 12.1 Å². The first kappa shape index (κ1) is 23.3. The van der Waals surface area contributed by atoms with Crippen LogP contribution in [0, 0.1) is 11.3 Å². The molecule has 0 bridgehead atoms. The van der Waals surface area contributed by atoms with E-state index in [1.165, 1.54) is 28.2 Å². The molecule has 1 saturated heterocycles. The zero-order chi connectivity index (χ0) is 23.3. The van der Waals surface area contributed by atoms with Crippen molar-refractivity contribution in [3.8, 4) is 6.07 Å². The number of nitriles is 1. The molecule has 1 N–H and O–H groups in total. The van der Waals surface area contributed by atoms with E-state index < -0.39 is 10.0 Å². The van der Waals surface area contributed by atoms with E-state index in [2.05, 4.69) is 16.4 Å². The Balaban J connectivity index is 1.39. The fraction of sp³-hybridized carbons (Fsp3) is 0.348. The SMILES string of the molecule is N#CCCn1c(SCC(=O)Nc2ccc(S(=O)(=O)N3CCCCC3)cc2)nc2ccccc21. The second-order valence-corrected chi connectivity index (χ2v) is 10.6. The topological polar surface area (TPSA) is 108 Å². The number of amides is 1. The molecule has 0 radical (unpaired) electrons. The number of aryl methyl sites for hydroxylation is 1. The first-order chi connectivity index (χ1) is 16.0. The summed E-state index contributed by atoms with van der Waals surface area (Å²) in [5.41, 5.74) is 2.29. The van der Waals surface area contributed by atoms with Crippen molar-refractivity contribution < 1.29 is 13.2 Å². The van der Waals surface area contributed by atoms with Crippen molar-refractivity contribution in [2.24, 2.45) is 0 Å². The zero-order valence-electron chi connectivity index (χ0n) is 18.1. The molecular formula is C23H25N5O3S2. The van der Waals surface area contributed by atoms with Crippen molar-refractivity contribution in [3.05, 3.63) is 48.5 Å². The van der Waals surface area contributed by atoms with Gasteiger partial charge in [0.05, 0.1) is 34.2 Å². The van der Waals surface area contributed by atoms with Gasteiger partial charge in [-0.1, -0.05) is 30.3 Å². The van der Waals surface area contributed by atoms with Crippen LogP contribution in [0.3, 0.4) is 0 Å². The minimum absolute atomic E-state index is 0.143. The molecule has 0 unspecified atom stereocenters. The molecule has 1 aliphatic rings. The third-order valence-electron chi connectivity index (χ3n) is 5.49. The zero-order valence-corrected chi connectivity index (χ0v) is 19.7. The van der Waals surface area contributed by atoms with Crippen molar-refractivity contribution in [2.75, 3.05) is 24.2 Å². The van der Waals surface area contributed by atoms with Crippen LogP contribution in [-0.4, -0.2) is 47.0 Å². The van der Waals surface area contributed by atoms with Gasteiger partial charge in [0, 0.05) is 25.3 Å². The summed E-state index contributed by atoms with van der Waals surface area (Å²) in [7, 11) is -3.50. The number of imidazole rings is 1. The summed E-state index contributed by atoms with van der Waals surface area (Å²) in [6.45, 7) is 1.61. The van der Waals surface area contributed by atoms with Crippen LogP contribution in [0.15, 0.2) is 58.6 Å². The lowest BCUT2D eigenvalue weighted by Gasteiger charge is -2.25. The number of piperidine rings is 1. The number of benzene rings is 2. The summed E-state index contributed by atoms with van der Waals surface area (Å²) in [6, 6.07) is 16.1. The number of anilines is 1. The highest BCUT2D eigenvalue weighted by molar-refractivity contribution is 7.99. The Bertz CT molecular complexity index is 1270. The second-order valence-electron chi connectivity index (χ2n) is 7.77. The molecule has 8 nitrogen and oxygen atoms in total. The Morgan fingerprint density at radius 2 is 1.82 bits per heavy atom. The quantitative estimate of drug-likeness (QED) is 0.488. The Kier molecular flexibility index (Phi) is 7.33. The number of nitrogens with zero attached hydrogens (tertiary/aromatic N) is 4. The smallest absolute Gasteiger partial charge is 0.243 e. The van der Waals surface area contributed by atoms with Crippen LogP contribution in [0.5, 0.6) is 0 Å². The molecule has 0 aliphatic carbocycles. The van der Waals surface area contributed by atoms with E-state index in [0.29, 0.717) is 36.9 Å². The van der Waals surface area contributed by atoms with Crippen molar-refractivity contribution in [2.45, 2.75) is 42.3 Å². The first-order valence-electron chi connectivity index (χ1n) is 10.8. The molecule has 0 atom stereocenters. The van der Waals surface area contributed by atoms with Crippen LogP contribution >= 0.6 is 11.8 Å². The molecule has 1 aromatic heterocycles. The Labute approximate surface area is 197 Å². The maximum absolute atomic E-state index is 12.8. The lowest BCUT2D eigenvalue weighted by Crippen LogP contribution is -2.35. The lowest BCUT2D eigenvalue weighted by atomic mass is 10.2. The molecule has 1 aliphatic heterocycles. The number of hydrogen-bond donors (Lipinski definition) is 1. The van der Waals surface area contributed by atoms with Crippen LogP contribution < -0.4 is 5.32 Å². The highest BCUT2D eigenvalue weighted by Gasteiger charge is 2.25. The van der Waals surface area contributed by atoms with Gasteiger partial charge in [0.1, 0.15) is 0 Å². The summed E-state index contributed by atoms with van der Waals surface area (Å²) in [5.74, 6) is -0.0745. The summed E-state index contributed by atoms with van der Waals surface area (Å²) in [6.07, 6.45) is 3.18.